The van der Waals surface area contributed by atoms with Crippen LogP contribution >= 0.6 is 0 Å². The lowest BCUT2D eigenvalue weighted by Gasteiger charge is -2.37. The third kappa shape index (κ3) is 3.76. The third-order valence-corrected chi connectivity index (χ3v) is 6.40. The molecule has 0 radical (unpaired) electrons. The second-order valence-electron chi connectivity index (χ2n) is 8.32. The van der Waals surface area contributed by atoms with Gasteiger partial charge >= 0.3 is 0 Å². The van der Waals surface area contributed by atoms with Gasteiger partial charge in [0.1, 0.15) is 5.75 Å². The highest BCUT2D eigenvalue weighted by Crippen LogP contribution is 2.34. The number of aromatic hydroxyl groups is 1. The van der Waals surface area contributed by atoms with Crippen molar-refractivity contribution in [2.45, 2.75) is 31.3 Å². The molecule has 0 bridgehead atoms. The predicted molar refractivity (Wildman–Crippen MR) is 122 cm³/mol. The van der Waals surface area contributed by atoms with E-state index in [0.29, 0.717) is 29.8 Å². The topological polar surface area (TPSA) is 106 Å². The fraction of sp³-hybridized carbons (Fsp3) is 0.375. The second kappa shape index (κ2) is 8.72. The number of rotatable bonds is 5. The van der Waals surface area contributed by atoms with Crippen molar-refractivity contribution in [1.82, 2.24) is 15.0 Å². The van der Waals surface area contributed by atoms with E-state index in [1.165, 1.54) is 5.56 Å². The Hall–Kier alpha value is -3.23. The molecule has 5 rings (SSSR count). The number of aliphatic hydroxyl groups is 2. The number of hydrogen-bond acceptors (Lipinski definition) is 8. The predicted octanol–water partition coefficient (Wildman–Crippen LogP) is 2.30. The molecule has 166 valence electrons. The van der Waals surface area contributed by atoms with Crippen LogP contribution in [0.2, 0.25) is 0 Å². The summed E-state index contributed by atoms with van der Waals surface area (Å²) in [4.78, 5) is 18.3. The molecule has 2 atom stereocenters. The maximum Gasteiger partial charge on any atom is 0.231 e. The van der Waals surface area contributed by atoms with Crippen LogP contribution in [0.4, 0.5) is 11.9 Å². The standard InChI is InChI=1S/C24H27N5O3/c30-14-18-7-4-11-28(18)23-25-22(17-6-3-8-19(32)13-17)26-24(27-23)29-12-10-16-5-1-2-9-20(16)21(29)15-31/h1-3,5-6,8-9,13,18,21,30-32H,4,7,10-12,14-15H2/t18-,21?/m0/s1. The van der Waals surface area contributed by atoms with Gasteiger partial charge < -0.3 is 25.1 Å². The van der Waals surface area contributed by atoms with Crippen molar-refractivity contribution in [2.75, 3.05) is 36.1 Å². The summed E-state index contributed by atoms with van der Waals surface area (Å²) in [5.41, 5.74) is 2.99. The van der Waals surface area contributed by atoms with Gasteiger partial charge in [-0.05, 0) is 42.5 Å². The number of hydrogen-bond donors (Lipinski definition) is 3. The Labute approximate surface area is 186 Å². The smallest absolute Gasteiger partial charge is 0.231 e. The van der Waals surface area contributed by atoms with E-state index in [0.717, 1.165) is 31.4 Å². The Kier molecular flexibility index (Phi) is 5.63. The molecule has 1 aromatic heterocycles. The maximum atomic E-state index is 10.3. The van der Waals surface area contributed by atoms with Crippen molar-refractivity contribution in [2.24, 2.45) is 0 Å². The van der Waals surface area contributed by atoms with E-state index in [4.69, 9.17) is 15.0 Å². The SMILES string of the molecule is OCC1c2ccccc2CCN1c1nc(-c2cccc(O)c2)nc(N2CCC[C@H]2CO)n1. The monoisotopic (exact) mass is 433 g/mol. The van der Waals surface area contributed by atoms with E-state index in [1.54, 1.807) is 18.2 Å². The number of aliphatic hydroxyl groups excluding tert-OH is 2. The molecule has 1 saturated heterocycles. The number of aromatic nitrogens is 3. The van der Waals surface area contributed by atoms with Crippen molar-refractivity contribution < 1.29 is 15.3 Å². The molecule has 8 nitrogen and oxygen atoms in total. The fourth-order valence-electron chi connectivity index (χ4n) is 4.76. The Balaban J connectivity index is 1.61. The van der Waals surface area contributed by atoms with Crippen LogP contribution in [0, 0.1) is 0 Å². The molecule has 2 aliphatic heterocycles. The van der Waals surface area contributed by atoms with E-state index in [1.807, 2.05) is 34.1 Å². The first-order valence-electron chi connectivity index (χ1n) is 11.1. The van der Waals surface area contributed by atoms with Gasteiger partial charge in [0.05, 0.1) is 25.3 Å². The summed E-state index contributed by atoms with van der Waals surface area (Å²) in [6.07, 6.45) is 2.68. The molecule has 0 spiro atoms. The van der Waals surface area contributed by atoms with Crippen LogP contribution in [-0.2, 0) is 6.42 Å². The second-order valence-corrected chi connectivity index (χ2v) is 8.32. The Morgan fingerprint density at radius 1 is 0.875 bits per heavy atom. The first-order chi connectivity index (χ1) is 15.7. The fourth-order valence-corrected chi connectivity index (χ4v) is 4.76. The van der Waals surface area contributed by atoms with E-state index in [9.17, 15) is 15.3 Å². The summed E-state index contributed by atoms with van der Waals surface area (Å²) in [6.45, 7) is 1.43. The summed E-state index contributed by atoms with van der Waals surface area (Å²) in [7, 11) is 0. The van der Waals surface area contributed by atoms with Crippen LogP contribution in [0.25, 0.3) is 11.4 Å². The normalized spacial score (nSPS) is 20.4. The van der Waals surface area contributed by atoms with Crippen molar-refractivity contribution in [1.29, 1.82) is 0 Å². The number of phenols is 1. The third-order valence-electron chi connectivity index (χ3n) is 6.40. The van der Waals surface area contributed by atoms with Gasteiger partial charge in [-0.2, -0.15) is 15.0 Å². The van der Waals surface area contributed by atoms with Crippen LogP contribution in [-0.4, -0.2) is 62.6 Å². The van der Waals surface area contributed by atoms with Gasteiger partial charge in [0.2, 0.25) is 11.9 Å². The lowest BCUT2D eigenvalue weighted by molar-refractivity contribution is 0.255. The average Bonchev–Trinajstić information content (AvgIpc) is 3.32. The lowest BCUT2D eigenvalue weighted by atomic mass is 9.93. The van der Waals surface area contributed by atoms with Crippen LogP contribution in [0.5, 0.6) is 5.75 Å². The minimum Gasteiger partial charge on any atom is -0.508 e. The lowest BCUT2D eigenvalue weighted by Crippen LogP contribution is -2.39. The molecule has 32 heavy (non-hydrogen) atoms. The quantitative estimate of drug-likeness (QED) is 0.563. The molecule has 3 heterocycles. The molecular weight excluding hydrogens is 406 g/mol. The molecule has 2 aliphatic rings. The van der Waals surface area contributed by atoms with Gasteiger partial charge in [-0.3, -0.25) is 0 Å². The number of nitrogens with zero attached hydrogens (tertiary/aromatic N) is 5. The van der Waals surface area contributed by atoms with E-state index in [2.05, 4.69) is 6.07 Å². The van der Waals surface area contributed by atoms with Crippen molar-refractivity contribution in [3.8, 4) is 17.1 Å². The van der Waals surface area contributed by atoms with Crippen LogP contribution in [0.15, 0.2) is 48.5 Å². The first kappa shape index (κ1) is 20.7. The average molecular weight is 434 g/mol. The van der Waals surface area contributed by atoms with Gasteiger partial charge in [0.15, 0.2) is 5.82 Å². The maximum absolute atomic E-state index is 10.3. The molecule has 3 N–H and O–H groups in total. The summed E-state index contributed by atoms with van der Waals surface area (Å²) in [6, 6.07) is 14.7. The van der Waals surface area contributed by atoms with E-state index in [-0.39, 0.29) is 31.0 Å². The highest BCUT2D eigenvalue weighted by atomic mass is 16.3. The van der Waals surface area contributed by atoms with Gasteiger partial charge in [-0.1, -0.05) is 36.4 Å². The Morgan fingerprint density at radius 2 is 1.69 bits per heavy atom. The zero-order chi connectivity index (χ0) is 22.1. The molecule has 3 aromatic rings. The summed E-state index contributed by atoms with van der Waals surface area (Å²) in [5.74, 6) is 1.60. The highest BCUT2D eigenvalue weighted by Gasteiger charge is 2.32. The molecule has 1 fully saturated rings. The minimum absolute atomic E-state index is 0.0296. The number of phenolic OH excluding ortho intramolecular Hbond substituents is 1. The molecule has 1 unspecified atom stereocenters. The molecule has 8 heteroatoms. The number of anilines is 2. The van der Waals surface area contributed by atoms with Crippen molar-refractivity contribution >= 4 is 11.9 Å². The van der Waals surface area contributed by atoms with Crippen molar-refractivity contribution in [3.05, 3.63) is 59.7 Å². The van der Waals surface area contributed by atoms with Gasteiger partial charge in [0, 0.05) is 18.7 Å². The molecule has 2 aromatic carbocycles. The molecular formula is C24H27N5O3. The first-order valence-corrected chi connectivity index (χ1v) is 11.1. The minimum atomic E-state index is -0.251. The van der Waals surface area contributed by atoms with Crippen molar-refractivity contribution in [3.63, 3.8) is 0 Å². The number of fused-ring (bicyclic) bond motifs is 1. The van der Waals surface area contributed by atoms with Gasteiger partial charge in [0.25, 0.3) is 0 Å². The van der Waals surface area contributed by atoms with Gasteiger partial charge in [-0.15, -0.1) is 0 Å². The largest absolute Gasteiger partial charge is 0.508 e. The summed E-state index contributed by atoms with van der Waals surface area (Å²) < 4.78 is 0. The van der Waals surface area contributed by atoms with E-state index < -0.39 is 0 Å². The Morgan fingerprint density at radius 3 is 2.47 bits per heavy atom. The zero-order valence-electron chi connectivity index (χ0n) is 17.8. The molecule has 0 aliphatic carbocycles. The zero-order valence-corrected chi connectivity index (χ0v) is 17.8. The Bertz CT molecular complexity index is 1110. The number of benzene rings is 2. The summed E-state index contributed by atoms with van der Waals surface area (Å²) >= 11 is 0. The summed E-state index contributed by atoms with van der Waals surface area (Å²) in [5, 5.41) is 30.1. The van der Waals surface area contributed by atoms with E-state index >= 15 is 0 Å². The van der Waals surface area contributed by atoms with Crippen LogP contribution < -0.4 is 9.80 Å². The van der Waals surface area contributed by atoms with Crippen LogP contribution in [0.1, 0.15) is 30.0 Å². The molecule has 0 amide bonds. The van der Waals surface area contributed by atoms with Gasteiger partial charge in [-0.25, -0.2) is 0 Å². The highest BCUT2D eigenvalue weighted by molar-refractivity contribution is 5.61. The van der Waals surface area contributed by atoms with Crippen LogP contribution in [0.3, 0.4) is 0 Å². The molecule has 0 saturated carbocycles.